The molecule has 0 aliphatic carbocycles. The first kappa shape index (κ1) is 11.4. The second-order valence-electron chi connectivity index (χ2n) is 3.11. The Bertz CT molecular complexity index is 516. The Hall–Kier alpha value is -1.06. The van der Waals surface area contributed by atoms with Crippen LogP contribution in [0, 0.1) is 5.82 Å². The van der Waals surface area contributed by atoms with E-state index in [0.29, 0.717) is 10.8 Å². The van der Waals surface area contributed by atoms with Gasteiger partial charge in [-0.3, -0.25) is 0 Å². The van der Waals surface area contributed by atoms with Gasteiger partial charge in [0.25, 0.3) is 0 Å². The molecule has 2 aromatic rings. The average molecular weight is 302 g/mol. The molecule has 0 unspecified atom stereocenters. The van der Waals surface area contributed by atoms with Gasteiger partial charge in [-0.05, 0) is 40.2 Å². The number of benzene rings is 2. The lowest BCUT2D eigenvalue weighted by Crippen LogP contribution is -1.88. The van der Waals surface area contributed by atoms with Gasteiger partial charge in [0.1, 0.15) is 5.75 Å². The summed E-state index contributed by atoms with van der Waals surface area (Å²) in [6, 6.07) is 11.3. The van der Waals surface area contributed by atoms with E-state index in [1.54, 1.807) is 36.4 Å². The molecule has 0 N–H and O–H groups in total. The fraction of sp³-hybridized carbons (Fsp3) is 0. The molecule has 16 heavy (non-hydrogen) atoms. The first-order chi connectivity index (χ1) is 7.66. The molecule has 0 heterocycles. The second kappa shape index (κ2) is 4.85. The first-order valence-corrected chi connectivity index (χ1v) is 5.71. The summed E-state index contributed by atoms with van der Waals surface area (Å²) in [5, 5.41) is 0.537. The van der Waals surface area contributed by atoms with Crippen LogP contribution in [0.5, 0.6) is 11.5 Å². The highest BCUT2D eigenvalue weighted by molar-refractivity contribution is 9.10. The molecule has 2 aromatic carbocycles. The maximum Gasteiger partial charge on any atom is 0.165 e. The van der Waals surface area contributed by atoms with Crippen LogP contribution in [0.2, 0.25) is 5.02 Å². The molecule has 1 nitrogen and oxygen atoms in total. The monoisotopic (exact) mass is 300 g/mol. The van der Waals surface area contributed by atoms with Gasteiger partial charge in [-0.1, -0.05) is 23.7 Å². The van der Waals surface area contributed by atoms with Crippen LogP contribution in [0.1, 0.15) is 0 Å². The van der Waals surface area contributed by atoms with Crippen molar-refractivity contribution in [2.45, 2.75) is 0 Å². The molecule has 0 atom stereocenters. The molecule has 0 aromatic heterocycles. The number of rotatable bonds is 2. The number of hydrogen-bond acceptors (Lipinski definition) is 1. The summed E-state index contributed by atoms with van der Waals surface area (Å²) in [5.74, 6) is 0.248. The van der Waals surface area contributed by atoms with Gasteiger partial charge in [0, 0.05) is 11.1 Å². The minimum Gasteiger partial charge on any atom is -0.453 e. The van der Waals surface area contributed by atoms with Gasteiger partial charge in [-0.25, -0.2) is 4.39 Å². The largest absolute Gasteiger partial charge is 0.453 e. The summed E-state index contributed by atoms with van der Waals surface area (Å²) in [6.45, 7) is 0. The van der Waals surface area contributed by atoms with Gasteiger partial charge in [-0.2, -0.15) is 0 Å². The Morgan fingerprint density at radius 1 is 1.06 bits per heavy atom. The van der Waals surface area contributed by atoms with Crippen LogP contribution in [0.3, 0.4) is 0 Å². The highest BCUT2D eigenvalue weighted by Gasteiger charge is 2.07. The van der Waals surface area contributed by atoms with E-state index >= 15 is 0 Å². The molecule has 0 aliphatic rings. The summed E-state index contributed by atoms with van der Waals surface area (Å²) in [6.07, 6.45) is 0. The van der Waals surface area contributed by atoms with E-state index in [4.69, 9.17) is 16.3 Å². The van der Waals surface area contributed by atoms with Crippen molar-refractivity contribution in [1.29, 1.82) is 0 Å². The Kier molecular flexibility index (Phi) is 3.46. The molecule has 0 spiro atoms. The number of halogens is 3. The minimum absolute atomic E-state index is 0.172. The van der Waals surface area contributed by atoms with Crippen LogP contribution in [0.15, 0.2) is 46.9 Å². The molecule has 0 radical (unpaired) electrons. The van der Waals surface area contributed by atoms with Gasteiger partial charge in [0.15, 0.2) is 11.6 Å². The van der Waals surface area contributed by atoms with E-state index in [1.165, 1.54) is 6.07 Å². The van der Waals surface area contributed by atoms with Gasteiger partial charge >= 0.3 is 0 Å². The summed E-state index contributed by atoms with van der Waals surface area (Å²) >= 11 is 9.13. The van der Waals surface area contributed by atoms with Crippen molar-refractivity contribution >= 4 is 27.5 Å². The van der Waals surface area contributed by atoms with Crippen LogP contribution in [-0.4, -0.2) is 0 Å². The van der Waals surface area contributed by atoms with Crippen LogP contribution in [0.4, 0.5) is 4.39 Å². The van der Waals surface area contributed by atoms with Crippen molar-refractivity contribution < 1.29 is 9.13 Å². The normalized spacial score (nSPS) is 10.2. The highest BCUT2D eigenvalue weighted by atomic mass is 79.9. The van der Waals surface area contributed by atoms with Gasteiger partial charge in [-0.15, -0.1) is 0 Å². The Labute approximate surface area is 106 Å². The lowest BCUT2D eigenvalue weighted by Gasteiger charge is -2.08. The molecule has 82 valence electrons. The van der Waals surface area contributed by atoms with Crippen molar-refractivity contribution in [3.05, 3.63) is 57.8 Å². The number of ether oxygens (including phenoxy) is 1. The van der Waals surface area contributed by atoms with E-state index in [2.05, 4.69) is 15.9 Å². The second-order valence-corrected chi connectivity index (χ2v) is 4.40. The average Bonchev–Trinajstić information content (AvgIpc) is 2.27. The molecule has 0 fully saturated rings. The molecule has 0 saturated heterocycles. The van der Waals surface area contributed by atoms with Crippen molar-refractivity contribution in [2.75, 3.05) is 0 Å². The summed E-state index contributed by atoms with van der Waals surface area (Å²) in [5.41, 5.74) is 0. The van der Waals surface area contributed by atoms with Crippen LogP contribution < -0.4 is 4.74 Å². The van der Waals surface area contributed by atoms with Crippen molar-refractivity contribution in [1.82, 2.24) is 0 Å². The van der Waals surface area contributed by atoms with E-state index < -0.39 is 5.82 Å². The Morgan fingerprint density at radius 2 is 1.81 bits per heavy atom. The predicted octanol–water partition coefficient (Wildman–Crippen LogP) is 5.03. The van der Waals surface area contributed by atoms with Crippen molar-refractivity contribution in [2.24, 2.45) is 0 Å². The first-order valence-electron chi connectivity index (χ1n) is 4.54. The fourth-order valence-corrected chi connectivity index (χ4v) is 1.69. The maximum atomic E-state index is 13.3. The zero-order valence-electron chi connectivity index (χ0n) is 8.08. The Morgan fingerprint density at radius 3 is 2.56 bits per heavy atom. The lowest BCUT2D eigenvalue weighted by molar-refractivity contribution is 0.440. The third-order valence-corrected chi connectivity index (χ3v) is 2.84. The molecular formula is C12H7BrClFO. The van der Waals surface area contributed by atoms with E-state index in [1.807, 2.05) is 0 Å². The van der Waals surface area contributed by atoms with E-state index in [0.717, 1.165) is 4.47 Å². The standard InChI is InChI=1S/C12H7BrClFO/c13-9-6-5-8(14)7-12(9)16-11-4-2-1-3-10(11)15/h1-7H. The van der Waals surface area contributed by atoms with Crippen molar-refractivity contribution in [3.8, 4) is 11.5 Å². The summed E-state index contributed by atoms with van der Waals surface area (Å²) in [7, 11) is 0. The third kappa shape index (κ3) is 2.54. The highest BCUT2D eigenvalue weighted by Crippen LogP contribution is 2.32. The van der Waals surface area contributed by atoms with Crippen molar-refractivity contribution in [3.63, 3.8) is 0 Å². The lowest BCUT2D eigenvalue weighted by atomic mass is 10.3. The van der Waals surface area contributed by atoms with Crippen LogP contribution in [0.25, 0.3) is 0 Å². The smallest absolute Gasteiger partial charge is 0.165 e. The fourth-order valence-electron chi connectivity index (χ4n) is 1.20. The molecule has 0 bridgehead atoms. The zero-order chi connectivity index (χ0) is 11.5. The zero-order valence-corrected chi connectivity index (χ0v) is 10.4. The predicted molar refractivity (Wildman–Crippen MR) is 65.6 cm³/mol. The number of hydrogen-bond donors (Lipinski definition) is 0. The summed E-state index contributed by atoms with van der Waals surface area (Å²) < 4.78 is 19.5. The number of para-hydroxylation sites is 1. The molecule has 4 heteroatoms. The quantitative estimate of drug-likeness (QED) is 0.755. The van der Waals surface area contributed by atoms with Gasteiger partial charge in [0.2, 0.25) is 0 Å². The third-order valence-electron chi connectivity index (χ3n) is 1.95. The summed E-state index contributed by atoms with van der Waals surface area (Å²) in [4.78, 5) is 0. The van der Waals surface area contributed by atoms with E-state index in [-0.39, 0.29) is 5.75 Å². The Balaban J connectivity index is 2.34. The molecule has 2 rings (SSSR count). The van der Waals surface area contributed by atoms with Gasteiger partial charge in [0.05, 0.1) is 4.47 Å². The van der Waals surface area contributed by atoms with Gasteiger partial charge < -0.3 is 4.74 Å². The van der Waals surface area contributed by atoms with E-state index in [9.17, 15) is 4.39 Å². The molecule has 0 aliphatic heterocycles. The maximum absolute atomic E-state index is 13.3. The van der Waals surface area contributed by atoms with Crippen LogP contribution >= 0.6 is 27.5 Å². The molecular weight excluding hydrogens is 294 g/mol. The molecule has 0 saturated carbocycles. The topological polar surface area (TPSA) is 9.23 Å². The van der Waals surface area contributed by atoms with Crippen LogP contribution in [-0.2, 0) is 0 Å². The molecule has 0 amide bonds. The minimum atomic E-state index is -0.408. The SMILES string of the molecule is Fc1ccccc1Oc1cc(Cl)ccc1Br.